The average molecular weight is 632 g/mol. The molecule has 43 heavy (non-hydrogen) atoms. The van der Waals surface area contributed by atoms with Gasteiger partial charge in [0, 0.05) is 18.9 Å². The van der Waals surface area contributed by atoms with Gasteiger partial charge in [-0.15, -0.1) is 13.2 Å². The number of ketones is 1. The molecule has 3 aromatic rings. The van der Waals surface area contributed by atoms with Crippen LogP contribution in [0.2, 0.25) is 5.02 Å². The molecule has 12 heteroatoms. The molecule has 0 aromatic heterocycles. The summed E-state index contributed by atoms with van der Waals surface area (Å²) >= 11 is 7.58. The number of halogens is 4. The predicted octanol–water partition coefficient (Wildman–Crippen LogP) is 6.99. The van der Waals surface area contributed by atoms with Crippen molar-refractivity contribution in [2.24, 2.45) is 4.99 Å². The number of amides is 3. The number of hydrogen-bond acceptors (Lipinski definition) is 5. The van der Waals surface area contributed by atoms with Gasteiger partial charge in [0.1, 0.15) is 11.5 Å². The zero-order valence-electron chi connectivity index (χ0n) is 23.6. The topological polar surface area (TPSA) is 88.1 Å². The quantitative estimate of drug-likeness (QED) is 0.275. The minimum atomic E-state index is -4.77. The molecule has 1 fully saturated rings. The number of hydrogen-bond donors (Lipinski definition) is 1. The van der Waals surface area contributed by atoms with E-state index in [4.69, 9.17) is 11.6 Å². The van der Waals surface area contributed by atoms with Crippen LogP contribution in [0.3, 0.4) is 0 Å². The lowest BCUT2D eigenvalue weighted by atomic mass is 10.00. The number of aryl methyl sites for hydroxylation is 2. The number of Topliss-reactive ketones (excluding diaryl/α,β-unsaturated/α-hetero) is 1. The van der Waals surface area contributed by atoms with E-state index in [9.17, 15) is 27.6 Å². The second-order valence-corrected chi connectivity index (χ2v) is 11.6. The van der Waals surface area contributed by atoms with Crippen molar-refractivity contribution in [1.29, 1.82) is 0 Å². The number of rotatable bonds is 9. The zero-order chi connectivity index (χ0) is 31.3. The molecule has 3 amide bonds. The van der Waals surface area contributed by atoms with Crippen molar-refractivity contribution < 1.29 is 32.3 Å². The van der Waals surface area contributed by atoms with Gasteiger partial charge in [0.2, 0.25) is 5.91 Å². The van der Waals surface area contributed by atoms with Gasteiger partial charge in [0.15, 0.2) is 5.17 Å². The second kappa shape index (κ2) is 13.6. The summed E-state index contributed by atoms with van der Waals surface area (Å²) in [7, 11) is 0. The van der Waals surface area contributed by atoms with Crippen LogP contribution in [0, 0.1) is 13.8 Å². The Morgan fingerprint density at radius 2 is 1.56 bits per heavy atom. The van der Waals surface area contributed by atoms with E-state index in [0.29, 0.717) is 22.7 Å². The Kier molecular flexibility index (Phi) is 10.2. The van der Waals surface area contributed by atoms with Crippen LogP contribution >= 0.6 is 23.4 Å². The minimum Gasteiger partial charge on any atom is -0.406 e. The molecule has 0 radical (unpaired) electrons. The first-order chi connectivity index (χ1) is 20.3. The van der Waals surface area contributed by atoms with Gasteiger partial charge in [-0.1, -0.05) is 59.8 Å². The first kappa shape index (κ1) is 32.1. The van der Waals surface area contributed by atoms with E-state index in [-0.39, 0.29) is 47.2 Å². The highest BCUT2D eigenvalue weighted by molar-refractivity contribution is 8.15. The second-order valence-electron chi connectivity index (χ2n) is 10.3. The van der Waals surface area contributed by atoms with E-state index in [2.05, 4.69) is 15.0 Å². The molecule has 226 valence electrons. The number of urea groups is 1. The number of benzene rings is 3. The number of alkyl halides is 3. The number of ether oxygens (including phenoxy) is 1. The fraction of sp³-hybridized carbons (Fsp3) is 0.290. The van der Waals surface area contributed by atoms with E-state index in [1.54, 1.807) is 6.07 Å². The Morgan fingerprint density at radius 1 is 1.00 bits per heavy atom. The average Bonchev–Trinajstić information content (AvgIpc) is 3.26. The molecule has 4 rings (SSSR count). The van der Waals surface area contributed by atoms with E-state index < -0.39 is 12.4 Å². The normalized spacial score (nSPS) is 15.1. The van der Waals surface area contributed by atoms with Crippen LogP contribution in [0.1, 0.15) is 34.7 Å². The molecule has 0 aliphatic carbocycles. The molecule has 1 heterocycles. The van der Waals surface area contributed by atoms with E-state index >= 15 is 0 Å². The van der Waals surface area contributed by atoms with Gasteiger partial charge in [0.05, 0.1) is 16.5 Å². The number of amidine groups is 1. The lowest BCUT2D eigenvalue weighted by Crippen LogP contribution is -2.35. The Hall–Kier alpha value is -3.83. The van der Waals surface area contributed by atoms with Crippen molar-refractivity contribution in [3.8, 4) is 5.75 Å². The number of thioether (sulfide) groups is 1. The Balaban J connectivity index is 1.29. The summed E-state index contributed by atoms with van der Waals surface area (Å²) in [6, 6.07) is 15.4. The zero-order valence-corrected chi connectivity index (χ0v) is 25.2. The molecule has 1 N–H and O–H groups in total. The Morgan fingerprint density at radius 3 is 2.16 bits per heavy atom. The van der Waals surface area contributed by atoms with Crippen LogP contribution in [-0.4, -0.2) is 41.0 Å². The summed E-state index contributed by atoms with van der Waals surface area (Å²) in [5.41, 5.74) is 4.76. The number of carbonyl (C=O) groups is 3. The molecule has 0 spiro atoms. The van der Waals surface area contributed by atoms with Crippen molar-refractivity contribution in [2.45, 2.75) is 52.4 Å². The standard InChI is InChI=1S/C31H29ClF3N3O4S/c1-18-12-26(32)27(13-19(18)2)38-28(40)17-43-30(38)37-29(41)36-20(3)14-21-4-6-22(7-5-21)15-24(39)16-23-8-10-25(11-9-23)42-31(33,34)35/h4-13,20H,14-17H2,1-3H3,(H,36,41). The lowest BCUT2D eigenvalue weighted by molar-refractivity contribution is -0.274. The third kappa shape index (κ3) is 9.08. The van der Waals surface area contributed by atoms with Gasteiger partial charge in [-0.2, -0.15) is 4.99 Å². The van der Waals surface area contributed by atoms with E-state index in [1.807, 2.05) is 51.1 Å². The SMILES string of the molecule is Cc1cc(Cl)c(N2C(=O)CSC2=NC(=O)NC(C)Cc2ccc(CC(=O)Cc3ccc(OC(F)(F)F)cc3)cc2)cc1C. The number of nitrogens with one attached hydrogen (secondary N) is 1. The molecule has 1 unspecified atom stereocenters. The molecule has 7 nitrogen and oxygen atoms in total. The third-order valence-corrected chi connectivity index (χ3v) is 7.89. The Labute approximate surface area is 256 Å². The van der Waals surface area contributed by atoms with Gasteiger partial charge in [-0.25, -0.2) is 4.79 Å². The van der Waals surface area contributed by atoms with E-state index in [0.717, 1.165) is 22.3 Å². The van der Waals surface area contributed by atoms with Gasteiger partial charge in [-0.3, -0.25) is 14.5 Å². The maximum absolute atomic E-state index is 12.7. The van der Waals surface area contributed by atoms with Crippen LogP contribution in [0.15, 0.2) is 65.7 Å². The molecule has 1 saturated heterocycles. The van der Waals surface area contributed by atoms with Crippen molar-refractivity contribution in [3.63, 3.8) is 0 Å². The highest BCUT2D eigenvalue weighted by Gasteiger charge is 2.32. The van der Waals surface area contributed by atoms with Crippen LogP contribution < -0.4 is 15.0 Å². The smallest absolute Gasteiger partial charge is 0.406 e. The molecular formula is C31H29ClF3N3O4S. The molecule has 1 atom stereocenters. The maximum Gasteiger partial charge on any atom is 0.573 e. The number of nitrogens with zero attached hydrogens (tertiary/aromatic N) is 2. The maximum atomic E-state index is 12.7. The minimum absolute atomic E-state index is 0.0800. The third-order valence-electron chi connectivity index (χ3n) is 6.66. The van der Waals surface area contributed by atoms with Crippen molar-refractivity contribution in [3.05, 3.63) is 93.5 Å². The summed E-state index contributed by atoms with van der Waals surface area (Å²) in [6.07, 6.45) is -4.01. The Bertz CT molecular complexity index is 1540. The molecular weight excluding hydrogens is 603 g/mol. The largest absolute Gasteiger partial charge is 0.573 e. The van der Waals surface area contributed by atoms with Crippen LogP contribution in [0.25, 0.3) is 0 Å². The van der Waals surface area contributed by atoms with Gasteiger partial charge in [-0.05, 0) is 79.3 Å². The van der Waals surface area contributed by atoms with Gasteiger partial charge in [0.25, 0.3) is 0 Å². The first-order valence-electron chi connectivity index (χ1n) is 13.3. The first-order valence-corrected chi connectivity index (χ1v) is 14.7. The van der Waals surface area contributed by atoms with Gasteiger partial charge < -0.3 is 10.1 Å². The molecule has 3 aromatic carbocycles. The number of aliphatic imine (C=N–C) groups is 1. The monoisotopic (exact) mass is 631 g/mol. The van der Waals surface area contributed by atoms with Crippen LogP contribution in [0.5, 0.6) is 5.75 Å². The molecule has 1 aliphatic rings. The van der Waals surface area contributed by atoms with Gasteiger partial charge >= 0.3 is 12.4 Å². The predicted molar refractivity (Wildman–Crippen MR) is 162 cm³/mol. The summed E-state index contributed by atoms with van der Waals surface area (Å²) in [6.45, 7) is 5.68. The fourth-order valence-electron chi connectivity index (χ4n) is 4.47. The fourth-order valence-corrected chi connectivity index (χ4v) is 5.63. The van der Waals surface area contributed by atoms with Crippen molar-refractivity contribution in [1.82, 2.24) is 5.32 Å². The van der Waals surface area contributed by atoms with Crippen LogP contribution in [-0.2, 0) is 28.9 Å². The summed E-state index contributed by atoms with van der Waals surface area (Å²) in [5.74, 6) is -0.477. The molecule has 0 saturated carbocycles. The summed E-state index contributed by atoms with van der Waals surface area (Å²) in [4.78, 5) is 43.3. The van der Waals surface area contributed by atoms with Crippen molar-refractivity contribution in [2.75, 3.05) is 10.7 Å². The van der Waals surface area contributed by atoms with E-state index in [1.165, 1.54) is 40.9 Å². The molecule has 0 bridgehead atoms. The highest BCUT2D eigenvalue weighted by Crippen LogP contribution is 2.34. The van der Waals surface area contributed by atoms with Crippen LogP contribution in [0.4, 0.5) is 23.7 Å². The number of carbonyl (C=O) groups excluding carboxylic acids is 3. The number of anilines is 1. The highest BCUT2D eigenvalue weighted by atomic mass is 35.5. The van der Waals surface area contributed by atoms with Crippen molar-refractivity contribution >= 4 is 51.9 Å². The summed E-state index contributed by atoms with van der Waals surface area (Å²) < 4.78 is 40.8. The molecule has 1 aliphatic heterocycles. The summed E-state index contributed by atoms with van der Waals surface area (Å²) in [5, 5.41) is 3.50. The lowest BCUT2D eigenvalue weighted by Gasteiger charge is -2.19.